The average molecular weight is 205 g/mol. The molecular formula is C11H15N3O. The highest BCUT2D eigenvalue weighted by Gasteiger charge is 2.31. The lowest BCUT2D eigenvalue weighted by Gasteiger charge is -2.18. The lowest BCUT2D eigenvalue weighted by atomic mass is 9.88. The third-order valence-corrected chi connectivity index (χ3v) is 2.88. The summed E-state index contributed by atoms with van der Waals surface area (Å²) in [5.41, 5.74) is 6.23. The van der Waals surface area contributed by atoms with Crippen molar-refractivity contribution < 1.29 is 4.79 Å². The Morgan fingerprint density at radius 2 is 2.47 bits per heavy atom. The number of nitrogens with zero attached hydrogens (tertiary/aromatic N) is 1. The van der Waals surface area contributed by atoms with E-state index >= 15 is 0 Å². The summed E-state index contributed by atoms with van der Waals surface area (Å²) in [6, 6.07) is 5.60. The van der Waals surface area contributed by atoms with Gasteiger partial charge in [0.1, 0.15) is 0 Å². The van der Waals surface area contributed by atoms with Gasteiger partial charge in [-0.3, -0.25) is 9.78 Å². The van der Waals surface area contributed by atoms with Gasteiger partial charge in [0.05, 0.1) is 11.6 Å². The van der Waals surface area contributed by atoms with E-state index in [0.717, 1.165) is 25.2 Å². The minimum absolute atomic E-state index is 0.249. The second-order valence-corrected chi connectivity index (χ2v) is 3.89. The van der Waals surface area contributed by atoms with Crippen molar-refractivity contribution in [2.45, 2.75) is 12.3 Å². The van der Waals surface area contributed by atoms with Crippen LogP contribution in [0.4, 0.5) is 0 Å². The van der Waals surface area contributed by atoms with E-state index in [1.807, 2.05) is 18.2 Å². The van der Waals surface area contributed by atoms with Gasteiger partial charge in [-0.25, -0.2) is 0 Å². The van der Waals surface area contributed by atoms with Crippen LogP contribution in [-0.2, 0) is 4.79 Å². The number of rotatable bonds is 3. The molecule has 2 unspecified atom stereocenters. The molecule has 4 nitrogen and oxygen atoms in total. The highest BCUT2D eigenvalue weighted by atomic mass is 16.1. The summed E-state index contributed by atoms with van der Waals surface area (Å²) in [5.74, 6) is -0.235. The van der Waals surface area contributed by atoms with Crippen molar-refractivity contribution in [1.29, 1.82) is 0 Å². The summed E-state index contributed by atoms with van der Waals surface area (Å²) in [5, 5.41) is 3.24. The molecule has 15 heavy (non-hydrogen) atoms. The molecule has 1 aliphatic heterocycles. The van der Waals surface area contributed by atoms with Gasteiger partial charge in [0.15, 0.2) is 0 Å². The minimum Gasteiger partial charge on any atom is -0.369 e. The molecule has 4 heteroatoms. The van der Waals surface area contributed by atoms with Gasteiger partial charge in [0.2, 0.25) is 5.91 Å². The Morgan fingerprint density at radius 1 is 1.60 bits per heavy atom. The molecule has 0 aliphatic carbocycles. The van der Waals surface area contributed by atoms with Crippen LogP contribution in [0.15, 0.2) is 24.4 Å². The number of hydrogen-bond acceptors (Lipinski definition) is 3. The standard InChI is InChI=1S/C11H15N3O/c12-11(15)10(8-4-6-13-7-8)9-3-1-2-5-14-9/h1-3,5,8,10,13H,4,6-7H2,(H2,12,15). The summed E-state index contributed by atoms with van der Waals surface area (Å²) in [6.07, 6.45) is 2.69. The van der Waals surface area contributed by atoms with E-state index in [1.165, 1.54) is 0 Å². The van der Waals surface area contributed by atoms with Gasteiger partial charge >= 0.3 is 0 Å². The van der Waals surface area contributed by atoms with E-state index in [2.05, 4.69) is 10.3 Å². The fourth-order valence-electron chi connectivity index (χ4n) is 2.14. The van der Waals surface area contributed by atoms with E-state index in [1.54, 1.807) is 6.20 Å². The largest absolute Gasteiger partial charge is 0.369 e. The lowest BCUT2D eigenvalue weighted by molar-refractivity contribution is -0.120. The maximum atomic E-state index is 11.4. The molecule has 1 amide bonds. The van der Waals surface area contributed by atoms with Gasteiger partial charge < -0.3 is 11.1 Å². The highest BCUT2D eigenvalue weighted by Crippen LogP contribution is 2.27. The monoisotopic (exact) mass is 205 g/mol. The molecule has 0 radical (unpaired) electrons. The Kier molecular flexibility index (Phi) is 2.97. The van der Waals surface area contributed by atoms with Crippen LogP contribution >= 0.6 is 0 Å². The Labute approximate surface area is 88.9 Å². The first kappa shape index (κ1) is 10.1. The van der Waals surface area contributed by atoms with Gasteiger partial charge in [-0.15, -0.1) is 0 Å². The number of nitrogens with one attached hydrogen (secondary N) is 1. The summed E-state index contributed by atoms with van der Waals surface area (Å²) in [7, 11) is 0. The van der Waals surface area contributed by atoms with E-state index in [0.29, 0.717) is 0 Å². The number of aromatic nitrogens is 1. The normalized spacial score (nSPS) is 22.5. The van der Waals surface area contributed by atoms with Crippen LogP contribution in [0, 0.1) is 5.92 Å². The van der Waals surface area contributed by atoms with Gasteiger partial charge in [-0.2, -0.15) is 0 Å². The zero-order valence-corrected chi connectivity index (χ0v) is 8.52. The van der Waals surface area contributed by atoms with Crippen molar-refractivity contribution in [3.63, 3.8) is 0 Å². The van der Waals surface area contributed by atoms with Crippen molar-refractivity contribution in [3.05, 3.63) is 30.1 Å². The molecule has 1 aliphatic rings. The van der Waals surface area contributed by atoms with Gasteiger partial charge in [-0.1, -0.05) is 6.07 Å². The first-order chi connectivity index (χ1) is 7.29. The lowest BCUT2D eigenvalue weighted by Crippen LogP contribution is -2.30. The van der Waals surface area contributed by atoms with Crippen LogP contribution in [0.3, 0.4) is 0 Å². The molecule has 80 valence electrons. The molecule has 1 fully saturated rings. The van der Waals surface area contributed by atoms with Crippen molar-refractivity contribution in [1.82, 2.24) is 10.3 Å². The first-order valence-corrected chi connectivity index (χ1v) is 5.20. The van der Waals surface area contributed by atoms with Gasteiger partial charge in [-0.05, 0) is 37.6 Å². The van der Waals surface area contributed by atoms with Crippen molar-refractivity contribution in [2.75, 3.05) is 13.1 Å². The number of hydrogen-bond donors (Lipinski definition) is 2. The molecule has 0 bridgehead atoms. The fourth-order valence-corrected chi connectivity index (χ4v) is 2.14. The zero-order chi connectivity index (χ0) is 10.7. The molecule has 1 saturated heterocycles. The molecule has 0 aromatic carbocycles. The Morgan fingerprint density at radius 3 is 3.00 bits per heavy atom. The third-order valence-electron chi connectivity index (χ3n) is 2.88. The summed E-state index contributed by atoms with van der Waals surface area (Å²) >= 11 is 0. The number of amides is 1. The topological polar surface area (TPSA) is 68.0 Å². The molecule has 3 N–H and O–H groups in total. The Hall–Kier alpha value is -1.42. The quantitative estimate of drug-likeness (QED) is 0.743. The van der Waals surface area contributed by atoms with E-state index < -0.39 is 0 Å². The Balaban J connectivity index is 2.23. The summed E-state index contributed by atoms with van der Waals surface area (Å²) < 4.78 is 0. The SMILES string of the molecule is NC(=O)C(c1ccccn1)C1CCNC1. The first-order valence-electron chi connectivity index (χ1n) is 5.20. The second kappa shape index (κ2) is 4.40. The molecule has 0 saturated carbocycles. The van der Waals surface area contributed by atoms with Gasteiger partial charge in [0, 0.05) is 6.20 Å². The molecule has 2 heterocycles. The Bertz CT molecular complexity index is 333. The zero-order valence-electron chi connectivity index (χ0n) is 8.52. The van der Waals surface area contributed by atoms with Crippen LogP contribution in [0.25, 0.3) is 0 Å². The number of carbonyl (C=O) groups excluding carboxylic acids is 1. The molecule has 2 rings (SSSR count). The number of primary amides is 1. The molecule has 1 aromatic rings. The number of carbonyl (C=O) groups is 1. The number of pyridine rings is 1. The predicted molar refractivity (Wildman–Crippen MR) is 57.1 cm³/mol. The highest BCUT2D eigenvalue weighted by molar-refractivity contribution is 5.81. The smallest absolute Gasteiger partial charge is 0.226 e. The maximum absolute atomic E-state index is 11.4. The number of nitrogens with two attached hydrogens (primary N) is 1. The average Bonchev–Trinajstić information content (AvgIpc) is 2.72. The third kappa shape index (κ3) is 2.15. The van der Waals surface area contributed by atoms with Crippen molar-refractivity contribution in [2.24, 2.45) is 11.7 Å². The maximum Gasteiger partial charge on any atom is 0.226 e. The summed E-state index contributed by atoms with van der Waals surface area (Å²) in [6.45, 7) is 1.81. The van der Waals surface area contributed by atoms with Crippen LogP contribution in [0.1, 0.15) is 18.0 Å². The predicted octanol–water partition coefficient (Wildman–Crippen LogP) is 0.260. The van der Waals surface area contributed by atoms with Crippen LogP contribution in [-0.4, -0.2) is 24.0 Å². The van der Waals surface area contributed by atoms with E-state index in [4.69, 9.17) is 5.73 Å². The van der Waals surface area contributed by atoms with Crippen molar-refractivity contribution >= 4 is 5.91 Å². The summed E-state index contributed by atoms with van der Waals surface area (Å²) in [4.78, 5) is 15.7. The second-order valence-electron chi connectivity index (χ2n) is 3.89. The fraction of sp³-hybridized carbons (Fsp3) is 0.455. The van der Waals surface area contributed by atoms with Crippen LogP contribution in [0.2, 0.25) is 0 Å². The van der Waals surface area contributed by atoms with Gasteiger partial charge in [0.25, 0.3) is 0 Å². The molecular weight excluding hydrogens is 190 g/mol. The van der Waals surface area contributed by atoms with E-state index in [-0.39, 0.29) is 17.7 Å². The van der Waals surface area contributed by atoms with E-state index in [9.17, 15) is 4.79 Å². The molecule has 2 atom stereocenters. The van der Waals surface area contributed by atoms with Crippen LogP contribution < -0.4 is 11.1 Å². The minimum atomic E-state index is -0.276. The van der Waals surface area contributed by atoms with Crippen molar-refractivity contribution in [3.8, 4) is 0 Å². The van der Waals surface area contributed by atoms with Crippen LogP contribution in [0.5, 0.6) is 0 Å². The molecule has 0 spiro atoms. The molecule has 1 aromatic heterocycles.